The molecule has 0 bridgehead atoms. The average Bonchev–Trinajstić information content (AvgIpc) is 2.93. The van der Waals surface area contributed by atoms with E-state index in [9.17, 15) is 22.8 Å². The van der Waals surface area contributed by atoms with Crippen LogP contribution in [-0.2, 0) is 35.2 Å². The van der Waals surface area contributed by atoms with E-state index in [0.717, 1.165) is 11.1 Å². The molecule has 10 heteroatoms. The van der Waals surface area contributed by atoms with Crippen molar-refractivity contribution >= 4 is 27.7 Å². The van der Waals surface area contributed by atoms with Gasteiger partial charge in [-0.25, -0.2) is 13.1 Å². The fourth-order valence-corrected chi connectivity index (χ4v) is 5.82. The first-order valence-electron chi connectivity index (χ1n) is 14.8. The van der Waals surface area contributed by atoms with Crippen molar-refractivity contribution in [3.05, 3.63) is 77.4 Å². The molecule has 1 unspecified atom stereocenters. The van der Waals surface area contributed by atoms with E-state index in [1.54, 1.807) is 26.2 Å². The summed E-state index contributed by atoms with van der Waals surface area (Å²) in [5.41, 5.74) is 0.750. The molecule has 44 heavy (non-hydrogen) atoms. The molecule has 0 aliphatic rings. The van der Waals surface area contributed by atoms with Crippen LogP contribution in [0.25, 0.3) is 0 Å². The molecular weight excluding hydrogens is 576 g/mol. The highest BCUT2D eigenvalue weighted by Crippen LogP contribution is 2.28. The summed E-state index contributed by atoms with van der Waals surface area (Å²) in [6, 6.07) is 14.6. The monoisotopic (exact) mass is 626 g/mol. The first-order chi connectivity index (χ1) is 20.1. The summed E-state index contributed by atoms with van der Waals surface area (Å²) in [5, 5.41) is 6.08. The van der Waals surface area contributed by atoms with Gasteiger partial charge in [0.25, 0.3) is 15.9 Å². The molecule has 0 radical (unpaired) electrons. The highest BCUT2D eigenvalue weighted by Gasteiger charge is 2.40. The van der Waals surface area contributed by atoms with Crippen molar-refractivity contribution in [1.82, 2.24) is 20.3 Å². The molecule has 3 N–H and O–H groups in total. The number of amides is 3. The zero-order valence-electron chi connectivity index (χ0n) is 28.0. The third-order valence-electron chi connectivity index (χ3n) is 7.85. The summed E-state index contributed by atoms with van der Waals surface area (Å²) in [6.07, 6.45) is 1.49. The number of rotatable bonds is 11. The van der Waals surface area contributed by atoms with Crippen LogP contribution in [0.5, 0.6) is 0 Å². The Balaban J connectivity index is 2.15. The van der Waals surface area contributed by atoms with Gasteiger partial charge in [0.05, 0.1) is 10.9 Å². The standard InChI is InChI=1S/C34H50N4O5S/c1-23(29(39)37-44(42,43)26-19-17-24(18-20-26)32(2,3)4)21-22-38(11)31(41)28(33(5,6)7)36-30(40)27(35-10)34(8,9)25-15-13-12-14-16-25/h12-21,27-28,35H,22H2,1-11H3,(H,36,40)(H,37,39)/b23-21+/t27-,28?/m1/s1. The molecule has 0 aliphatic carbocycles. The van der Waals surface area contributed by atoms with Crippen LogP contribution in [0.15, 0.2) is 71.1 Å². The number of carbonyl (C=O) groups is 3. The lowest BCUT2D eigenvalue weighted by atomic mass is 9.76. The van der Waals surface area contributed by atoms with Crippen LogP contribution in [0.1, 0.15) is 73.4 Å². The molecule has 2 atom stereocenters. The second kappa shape index (κ2) is 14.1. The summed E-state index contributed by atoms with van der Waals surface area (Å²) in [5.74, 6) is -1.43. The van der Waals surface area contributed by atoms with Crippen molar-refractivity contribution in [3.63, 3.8) is 0 Å². The van der Waals surface area contributed by atoms with E-state index in [-0.39, 0.29) is 34.2 Å². The minimum atomic E-state index is -4.09. The van der Waals surface area contributed by atoms with Crippen LogP contribution < -0.4 is 15.4 Å². The van der Waals surface area contributed by atoms with E-state index in [4.69, 9.17) is 0 Å². The molecular formula is C34H50N4O5S. The third kappa shape index (κ3) is 9.25. The highest BCUT2D eigenvalue weighted by atomic mass is 32.2. The molecule has 0 fully saturated rings. The van der Waals surface area contributed by atoms with Crippen LogP contribution in [0.4, 0.5) is 0 Å². The Labute approximate surface area is 263 Å². The van der Waals surface area contributed by atoms with Crippen molar-refractivity contribution in [2.45, 2.75) is 90.1 Å². The Morgan fingerprint density at radius 1 is 0.841 bits per heavy atom. The van der Waals surface area contributed by atoms with E-state index >= 15 is 0 Å². The van der Waals surface area contributed by atoms with E-state index in [1.807, 2.05) is 85.7 Å². The Kier molecular flexibility index (Phi) is 11.7. The molecule has 0 aliphatic heterocycles. The van der Waals surface area contributed by atoms with Crippen molar-refractivity contribution in [2.24, 2.45) is 5.41 Å². The number of nitrogens with zero attached hydrogens (tertiary/aromatic N) is 1. The van der Waals surface area contributed by atoms with E-state index in [1.165, 1.54) is 30.0 Å². The summed E-state index contributed by atoms with van der Waals surface area (Å²) in [7, 11) is -0.793. The summed E-state index contributed by atoms with van der Waals surface area (Å²) < 4.78 is 27.8. The molecule has 0 aromatic heterocycles. The molecule has 2 aromatic rings. The molecule has 0 saturated carbocycles. The van der Waals surface area contributed by atoms with Gasteiger partial charge in [-0.3, -0.25) is 14.4 Å². The maximum Gasteiger partial charge on any atom is 0.264 e. The van der Waals surface area contributed by atoms with Gasteiger partial charge in [-0.1, -0.05) is 104 Å². The summed E-state index contributed by atoms with van der Waals surface area (Å²) in [6.45, 7) is 17.2. The normalized spacial score (nSPS) is 14.4. The summed E-state index contributed by atoms with van der Waals surface area (Å²) >= 11 is 0. The second-order valence-corrected chi connectivity index (χ2v) is 15.6. The minimum absolute atomic E-state index is 0.0157. The number of likely N-dealkylation sites (N-methyl/N-ethyl adjacent to an activating group) is 2. The van der Waals surface area contributed by atoms with Gasteiger partial charge in [0.2, 0.25) is 11.8 Å². The molecule has 0 saturated heterocycles. The van der Waals surface area contributed by atoms with Crippen molar-refractivity contribution in [3.8, 4) is 0 Å². The van der Waals surface area contributed by atoms with Gasteiger partial charge in [0.15, 0.2) is 0 Å². The number of benzene rings is 2. The van der Waals surface area contributed by atoms with Crippen LogP contribution in [-0.4, -0.2) is 63.8 Å². The van der Waals surface area contributed by atoms with Gasteiger partial charge in [-0.15, -0.1) is 0 Å². The Bertz CT molecular complexity index is 1450. The number of nitrogens with one attached hydrogen (secondary N) is 3. The van der Waals surface area contributed by atoms with Gasteiger partial charge in [0.1, 0.15) is 6.04 Å². The van der Waals surface area contributed by atoms with E-state index in [2.05, 4.69) is 15.4 Å². The average molecular weight is 627 g/mol. The van der Waals surface area contributed by atoms with Gasteiger partial charge in [0, 0.05) is 24.6 Å². The van der Waals surface area contributed by atoms with Crippen LogP contribution in [0.2, 0.25) is 0 Å². The van der Waals surface area contributed by atoms with Crippen molar-refractivity contribution in [1.29, 1.82) is 0 Å². The fourth-order valence-electron chi connectivity index (χ4n) is 4.80. The van der Waals surface area contributed by atoms with Crippen molar-refractivity contribution < 1.29 is 22.8 Å². The number of carbonyl (C=O) groups excluding carboxylic acids is 3. The zero-order chi connectivity index (χ0) is 33.7. The molecule has 9 nitrogen and oxygen atoms in total. The lowest BCUT2D eigenvalue weighted by Crippen LogP contribution is -2.60. The first-order valence-corrected chi connectivity index (χ1v) is 16.2. The van der Waals surface area contributed by atoms with Crippen LogP contribution in [0.3, 0.4) is 0 Å². The highest BCUT2D eigenvalue weighted by molar-refractivity contribution is 7.90. The number of hydrogen-bond donors (Lipinski definition) is 3. The first kappa shape index (κ1) is 36.7. The molecule has 0 heterocycles. The Hall–Kier alpha value is -3.50. The minimum Gasteiger partial charge on any atom is -0.342 e. The maximum atomic E-state index is 13.6. The largest absolute Gasteiger partial charge is 0.342 e. The van der Waals surface area contributed by atoms with Crippen molar-refractivity contribution in [2.75, 3.05) is 20.6 Å². The lowest BCUT2D eigenvalue weighted by molar-refractivity contribution is -0.139. The SMILES string of the molecule is CN[C@H](C(=O)NC(C(=O)N(C)C/C=C(\C)C(=O)NS(=O)(=O)c1ccc(C(C)(C)C)cc1)C(C)(C)C)C(C)(C)c1ccccc1. The lowest BCUT2D eigenvalue weighted by Gasteiger charge is -2.38. The van der Waals surface area contributed by atoms with Crippen LogP contribution in [0, 0.1) is 5.41 Å². The van der Waals surface area contributed by atoms with E-state index < -0.39 is 38.8 Å². The predicted molar refractivity (Wildman–Crippen MR) is 176 cm³/mol. The smallest absolute Gasteiger partial charge is 0.264 e. The number of sulfonamides is 1. The molecule has 2 aromatic carbocycles. The summed E-state index contributed by atoms with van der Waals surface area (Å²) in [4.78, 5) is 41.4. The van der Waals surface area contributed by atoms with Crippen LogP contribution >= 0.6 is 0 Å². The van der Waals surface area contributed by atoms with E-state index in [0.29, 0.717) is 0 Å². The number of hydrogen-bond acceptors (Lipinski definition) is 6. The van der Waals surface area contributed by atoms with Gasteiger partial charge >= 0.3 is 0 Å². The van der Waals surface area contributed by atoms with Gasteiger partial charge in [-0.2, -0.15) is 0 Å². The Morgan fingerprint density at radius 2 is 1.39 bits per heavy atom. The Morgan fingerprint density at radius 3 is 1.86 bits per heavy atom. The molecule has 3 amide bonds. The quantitative estimate of drug-likeness (QED) is 0.320. The maximum absolute atomic E-state index is 13.6. The molecule has 0 spiro atoms. The topological polar surface area (TPSA) is 125 Å². The van der Waals surface area contributed by atoms with Gasteiger partial charge < -0.3 is 15.5 Å². The zero-order valence-corrected chi connectivity index (χ0v) is 28.8. The van der Waals surface area contributed by atoms with Gasteiger partial charge in [-0.05, 0) is 48.1 Å². The third-order valence-corrected chi connectivity index (χ3v) is 9.20. The molecule has 2 rings (SSSR count). The molecule has 242 valence electrons. The predicted octanol–water partition coefficient (Wildman–Crippen LogP) is 4.29. The fraction of sp³-hybridized carbons (Fsp3) is 0.500. The second-order valence-electron chi connectivity index (χ2n) is 13.9.